The fourth-order valence-electron chi connectivity index (χ4n) is 2.26. The molecule has 1 rings (SSSR count). The van der Waals surface area contributed by atoms with Gasteiger partial charge in [0.2, 0.25) is 10.0 Å². The Bertz CT molecular complexity index is 344. The SMILES string of the molecule is CCC1(C)CCN(S(=O)(=O)CCNC(C)C)CC1. The zero-order valence-electron chi connectivity index (χ0n) is 12.2. The van der Waals surface area contributed by atoms with Crippen LogP contribution < -0.4 is 5.32 Å². The Hall–Kier alpha value is -0.130. The highest BCUT2D eigenvalue weighted by Gasteiger charge is 2.33. The smallest absolute Gasteiger partial charge is 0.215 e. The van der Waals surface area contributed by atoms with Crippen LogP contribution in [0.1, 0.15) is 47.0 Å². The van der Waals surface area contributed by atoms with Crippen LogP contribution >= 0.6 is 0 Å². The lowest BCUT2D eigenvalue weighted by atomic mass is 9.79. The lowest BCUT2D eigenvalue weighted by molar-refractivity contribution is 0.169. The molecule has 1 aliphatic rings. The van der Waals surface area contributed by atoms with Gasteiger partial charge in [0.15, 0.2) is 0 Å². The van der Waals surface area contributed by atoms with E-state index < -0.39 is 10.0 Å². The first kappa shape index (κ1) is 15.9. The molecule has 1 saturated heterocycles. The minimum absolute atomic E-state index is 0.216. The summed E-state index contributed by atoms with van der Waals surface area (Å²) < 4.78 is 26.0. The summed E-state index contributed by atoms with van der Waals surface area (Å²) in [7, 11) is -3.07. The fraction of sp³-hybridized carbons (Fsp3) is 1.00. The molecule has 1 aliphatic heterocycles. The molecule has 5 heteroatoms. The standard InChI is InChI=1S/C13H28N2O2S/c1-5-13(4)6-9-15(10-7-13)18(16,17)11-8-14-12(2)3/h12,14H,5-11H2,1-4H3. The third-order valence-electron chi connectivity index (χ3n) is 4.09. The molecule has 0 saturated carbocycles. The second-order valence-electron chi connectivity index (χ2n) is 5.99. The number of hydrogen-bond donors (Lipinski definition) is 1. The number of piperidine rings is 1. The normalized spacial score (nSPS) is 21.4. The molecule has 0 spiro atoms. The van der Waals surface area contributed by atoms with Gasteiger partial charge >= 0.3 is 0 Å². The molecule has 1 N–H and O–H groups in total. The number of sulfonamides is 1. The van der Waals surface area contributed by atoms with Crippen LogP contribution in [0.3, 0.4) is 0 Å². The maximum atomic E-state index is 12.2. The van der Waals surface area contributed by atoms with E-state index in [1.54, 1.807) is 4.31 Å². The lowest BCUT2D eigenvalue weighted by Crippen LogP contribution is -2.44. The third kappa shape index (κ3) is 4.52. The summed E-state index contributed by atoms with van der Waals surface area (Å²) in [5, 5.41) is 3.16. The first-order valence-corrected chi connectivity index (χ1v) is 8.61. The molecule has 1 fully saturated rings. The number of rotatable bonds is 6. The Morgan fingerprint density at radius 2 is 1.83 bits per heavy atom. The van der Waals surface area contributed by atoms with Gasteiger partial charge in [0, 0.05) is 25.7 Å². The predicted molar refractivity (Wildman–Crippen MR) is 76.1 cm³/mol. The summed E-state index contributed by atoms with van der Waals surface area (Å²) in [6.07, 6.45) is 3.11. The fourth-order valence-corrected chi connectivity index (χ4v) is 3.64. The van der Waals surface area contributed by atoms with Crippen molar-refractivity contribution >= 4 is 10.0 Å². The van der Waals surface area contributed by atoms with Gasteiger partial charge in [-0.3, -0.25) is 0 Å². The van der Waals surface area contributed by atoms with Crippen molar-refractivity contribution in [3.8, 4) is 0 Å². The van der Waals surface area contributed by atoms with Crippen LogP contribution in [0.15, 0.2) is 0 Å². The summed E-state index contributed by atoms with van der Waals surface area (Å²) in [5.74, 6) is 0.216. The zero-order valence-corrected chi connectivity index (χ0v) is 13.0. The third-order valence-corrected chi connectivity index (χ3v) is 5.96. The molecule has 1 heterocycles. The maximum Gasteiger partial charge on any atom is 0.215 e. The first-order chi connectivity index (χ1) is 8.29. The van der Waals surface area contributed by atoms with Crippen LogP contribution in [0.5, 0.6) is 0 Å². The summed E-state index contributed by atoms with van der Waals surface area (Å²) in [5.41, 5.74) is 0.336. The molecule has 0 radical (unpaired) electrons. The Balaban J connectivity index is 2.45. The Labute approximate surface area is 112 Å². The van der Waals surface area contributed by atoms with Crippen LogP contribution in [0.2, 0.25) is 0 Å². The Morgan fingerprint density at radius 1 is 1.28 bits per heavy atom. The minimum atomic E-state index is -3.07. The predicted octanol–water partition coefficient (Wildman–Crippen LogP) is 1.83. The highest BCUT2D eigenvalue weighted by Crippen LogP contribution is 2.34. The van der Waals surface area contributed by atoms with E-state index in [0.29, 0.717) is 31.1 Å². The van der Waals surface area contributed by atoms with Crippen molar-refractivity contribution < 1.29 is 8.42 Å². The van der Waals surface area contributed by atoms with Gasteiger partial charge in [0.1, 0.15) is 0 Å². The molecule has 18 heavy (non-hydrogen) atoms. The van der Waals surface area contributed by atoms with Crippen LogP contribution in [-0.4, -0.2) is 44.2 Å². The number of nitrogens with one attached hydrogen (secondary N) is 1. The van der Waals surface area contributed by atoms with Crippen molar-refractivity contribution in [1.82, 2.24) is 9.62 Å². The maximum absolute atomic E-state index is 12.2. The molecular formula is C13H28N2O2S. The molecule has 4 nitrogen and oxygen atoms in total. The topological polar surface area (TPSA) is 49.4 Å². The molecule has 0 aliphatic carbocycles. The van der Waals surface area contributed by atoms with Crippen molar-refractivity contribution in [3.05, 3.63) is 0 Å². The van der Waals surface area contributed by atoms with Gasteiger partial charge < -0.3 is 5.32 Å². The molecule has 0 unspecified atom stereocenters. The van der Waals surface area contributed by atoms with Crippen molar-refractivity contribution in [3.63, 3.8) is 0 Å². The molecule has 108 valence electrons. The quantitative estimate of drug-likeness (QED) is 0.805. The van der Waals surface area contributed by atoms with Gasteiger partial charge in [-0.05, 0) is 18.3 Å². The minimum Gasteiger partial charge on any atom is -0.313 e. The molecule has 0 aromatic carbocycles. The van der Waals surface area contributed by atoms with E-state index in [1.807, 2.05) is 13.8 Å². The monoisotopic (exact) mass is 276 g/mol. The molecule has 0 aromatic heterocycles. The Kier molecular flexibility index (Phi) is 5.62. The summed E-state index contributed by atoms with van der Waals surface area (Å²) in [6.45, 7) is 10.4. The highest BCUT2D eigenvalue weighted by molar-refractivity contribution is 7.89. The molecular weight excluding hydrogens is 248 g/mol. The second kappa shape index (κ2) is 6.35. The van der Waals surface area contributed by atoms with Gasteiger partial charge in [-0.2, -0.15) is 0 Å². The van der Waals surface area contributed by atoms with E-state index in [9.17, 15) is 8.42 Å². The van der Waals surface area contributed by atoms with Crippen molar-refractivity contribution in [2.75, 3.05) is 25.4 Å². The molecule has 0 atom stereocenters. The molecule has 0 aromatic rings. The molecule has 0 amide bonds. The van der Waals surface area contributed by atoms with Gasteiger partial charge in [-0.25, -0.2) is 12.7 Å². The van der Waals surface area contributed by atoms with E-state index in [-0.39, 0.29) is 5.75 Å². The first-order valence-electron chi connectivity index (χ1n) is 7.00. The average Bonchev–Trinajstić information content (AvgIpc) is 2.29. The van der Waals surface area contributed by atoms with E-state index in [0.717, 1.165) is 19.3 Å². The van der Waals surface area contributed by atoms with Crippen LogP contribution in [0.4, 0.5) is 0 Å². The van der Waals surface area contributed by atoms with Crippen molar-refractivity contribution in [2.24, 2.45) is 5.41 Å². The average molecular weight is 276 g/mol. The summed E-state index contributed by atoms with van der Waals surface area (Å²) in [4.78, 5) is 0. The lowest BCUT2D eigenvalue weighted by Gasteiger charge is -2.38. The van der Waals surface area contributed by atoms with Crippen molar-refractivity contribution in [2.45, 2.75) is 53.0 Å². The Morgan fingerprint density at radius 3 is 2.28 bits per heavy atom. The number of hydrogen-bond acceptors (Lipinski definition) is 3. The van der Waals surface area contributed by atoms with Gasteiger partial charge in [-0.1, -0.05) is 34.1 Å². The van der Waals surface area contributed by atoms with Crippen LogP contribution in [0, 0.1) is 5.41 Å². The summed E-state index contributed by atoms with van der Waals surface area (Å²) in [6, 6.07) is 0.338. The summed E-state index contributed by atoms with van der Waals surface area (Å²) >= 11 is 0. The van der Waals surface area contributed by atoms with E-state index in [2.05, 4.69) is 19.2 Å². The van der Waals surface area contributed by atoms with E-state index >= 15 is 0 Å². The van der Waals surface area contributed by atoms with E-state index in [4.69, 9.17) is 0 Å². The van der Waals surface area contributed by atoms with Crippen molar-refractivity contribution in [1.29, 1.82) is 0 Å². The second-order valence-corrected chi connectivity index (χ2v) is 8.08. The largest absolute Gasteiger partial charge is 0.313 e. The van der Waals surface area contributed by atoms with Gasteiger partial charge in [-0.15, -0.1) is 0 Å². The van der Waals surface area contributed by atoms with Gasteiger partial charge in [0.05, 0.1) is 5.75 Å². The highest BCUT2D eigenvalue weighted by atomic mass is 32.2. The number of nitrogens with zero attached hydrogens (tertiary/aromatic N) is 1. The van der Waals surface area contributed by atoms with E-state index in [1.165, 1.54) is 0 Å². The van der Waals surface area contributed by atoms with Crippen LogP contribution in [-0.2, 0) is 10.0 Å². The van der Waals surface area contributed by atoms with Gasteiger partial charge in [0.25, 0.3) is 0 Å². The molecule has 0 bridgehead atoms. The zero-order chi connectivity index (χ0) is 13.8. The van der Waals surface area contributed by atoms with Crippen LogP contribution in [0.25, 0.3) is 0 Å².